The fourth-order valence-electron chi connectivity index (χ4n) is 1.83. The van der Waals surface area contributed by atoms with Gasteiger partial charge in [0.05, 0.1) is 17.9 Å². The van der Waals surface area contributed by atoms with Gasteiger partial charge in [-0.05, 0) is 25.5 Å². The van der Waals surface area contributed by atoms with Gasteiger partial charge in [0.1, 0.15) is 0 Å². The maximum atomic E-state index is 12.0. The molecule has 0 radical (unpaired) electrons. The third-order valence-corrected chi connectivity index (χ3v) is 2.69. The van der Waals surface area contributed by atoms with E-state index in [-0.39, 0.29) is 5.97 Å². The molecule has 1 aromatic heterocycles. The molecule has 1 heterocycles. The quantitative estimate of drug-likeness (QED) is 0.774. The molecule has 0 unspecified atom stereocenters. The number of carbonyl (C=O) groups excluding carboxylic acids is 1. The molecule has 0 saturated carbocycles. The largest absolute Gasteiger partial charge is 0.462 e. The third-order valence-electron chi connectivity index (χ3n) is 2.69. The first-order chi connectivity index (χ1) is 8.74. The summed E-state index contributed by atoms with van der Waals surface area (Å²) >= 11 is 0. The molecule has 2 rings (SSSR count). The van der Waals surface area contributed by atoms with Crippen molar-refractivity contribution in [1.82, 2.24) is 4.98 Å². The number of benzene rings is 1. The molecule has 2 aromatic rings. The number of nitrogens with zero attached hydrogens (tertiary/aromatic N) is 1. The highest BCUT2D eigenvalue weighted by atomic mass is 16.5. The SMILES string of the molecule is CCOC(=O)c1c(C)ccnc1-c1ccccc1. The smallest absolute Gasteiger partial charge is 0.340 e. The topological polar surface area (TPSA) is 39.2 Å². The van der Waals surface area contributed by atoms with Gasteiger partial charge < -0.3 is 4.74 Å². The lowest BCUT2D eigenvalue weighted by molar-refractivity contribution is 0.0526. The molecule has 92 valence electrons. The number of hydrogen-bond acceptors (Lipinski definition) is 3. The van der Waals surface area contributed by atoms with Crippen LogP contribution in [-0.4, -0.2) is 17.6 Å². The Labute approximate surface area is 106 Å². The molecule has 0 aliphatic heterocycles. The normalized spacial score (nSPS) is 10.1. The number of aromatic nitrogens is 1. The van der Waals surface area contributed by atoms with E-state index in [1.807, 2.05) is 43.3 Å². The molecule has 0 saturated heterocycles. The van der Waals surface area contributed by atoms with Crippen molar-refractivity contribution in [1.29, 1.82) is 0 Å². The Morgan fingerprint density at radius 3 is 2.61 bits per heavy atom. The highest BCUT2D eigenvalue weighted by Crippen LogP contribution is 2.24. The van der Waals surface area contributed by atoms with E-state index in [0.717, 1.165) is 11.1 Å². The van der Waals surface area contributed by atoms with E-state index in [1.165, 1.54) is 0 Å². The van der Waals surface area contributed by atoms with Crippen LogP contribution in [0.15, 0.2) is 42.6 Å². The molecule has 0 aliphatic rings. The van der Waals surface area contributed by atoms with Crippen molar-refractivity contribution in [3.63, 3.8) is 0 Å². The predicted molar refractivity (Wildman–Crippen MR) is 70.4 cm³/mol. The Bertz CT molecular complexity index is 550. The van der Waals surface area contributed by atoms with Crippen LogP contribution < -0.4 is 0 Å². The van der Waals surface area contributed by atoms with E-state index in [4.69, 9.17) is 4.74 Å². The van der Waals surface area contributed by atoms with Gasteiger partial charge >= 0.3 is 5.97 Å². The molecule has 0 atom stereocenters. The summed E-state index contributed by atoms with van der Waals surface area (Å²) < 4.78 is 5.09. The summed E-state index contributed by atoms with van der Waals surface area (Å²) in [4.78, 5) is 16.3. The summed E-state index contributed by atoms with van der Waals surface area (Å²) in [7, 11) is 0. The maximum Gasteiger partial charge on any atom is 0.340 e. The zero-order valence-electron chi connectivity index (χ0n) is 10.5. The first-order valence-corrected chi connectivity index (χ1v) is 5.92. The van der Waals surface area contributed by atoms with E-state index < -0.39 is 0 Å². The van der Waals surface area contributed by atoms with Gasteiger partial charge in [-0.15, -0.1) is 0 Å². The Kier molecular flexibility index (Phi) is 3.72. The number of esters is 1. The highest BCUT2D eigenvalue weighted by molar-refractivity contribution is 5.97. The molecule has 3 heteroatoms. The Hall–Kier alpha value is -2.16. The van der Waals surface area contributed by atoms with Crippen LogP contribution in [0.3, 0.4) is 0 Å². The number of hydrogen-bond donors (Lipinski definition) is 0. The van der Waals surface area contributed by atoms with Crippen LogP contribution >= 0.6 is 0 Å². The average molecular weight is 241 g/mol. The number of carbonyl (C=O) groups is 1. The molecule has 1 aromatic carbocycles. The molecular formula is C15H15NO2. The zero-order valence-corrected chi connectivity index (χ0v) is 10.5. The second-order valence-corrected chi connectivity index (χ2v) is 3.94. The van der Waals surface area contributed by atoms with Crippen LogP contribution in [0.4, 0.5) is 0 Å². The Morgan fingerprint density at radius 2 is 1.94 bits per heavy atom. The molecular weight excluding hydrogens is 226 g/mol. The summed E-state index contributed by atoms with van der Waals surface area (Å²) in [6.45, 7) is 4.05. The van der Waals surface area contributed by atoms with Gasteiger partial charge in [-0.25, -0.2) is 4.79 Å². The lowest BCUT2D eigenvalue weighted by atomic mass is 10.0. The Morgan fingerprint density at radius 1 is 1.22 bits per heavy atom. The van der Waals surface area contributed by atoms with Crippen LogP contribution in [0.25, 0.3) is 11.3 Å². The number of rotatable bonds is 3. The fraction of sp³-hybridized carbons (Fsp3) is 0.200. The van der Waals surface area contributed by atoms with E-state index in [1.54, 1.807) is 13.1 Å². The number of ether oxygens (including phenoxy) is 1. The fourth-order valence-corrected chi connectivity index (χ4v) is 1.83. The third kappa shape index (κ3) is 2.40. The van der Waals surface area contributed by atoms with Crippen molar-refractivity contribution < 1.29 is 9.53 Å². The van der Waals surface area contributed by atoms with E-state index in [9.17, 15) is 4.79 Å². The summed E-state index contributed by atoms with van der Waals surface area (Å²) in [6, 6.07) is 11.5. The van der Waals surface area contributed by atoms with E-state index in [2.05, 4.69) is 4.98 Å². The monoisotopic (exact) mass is 241 g/mol. The van der Waals surface area contributed by atoms with Crippen LogP contribution in [0, 0.1) is 6.92 Å². The van der Waals surface area contributed by atoms with Gasteiger partial charge in [0.25, 0.3) is 0 Å². The van der Waals surface area contributed by atoms with Crippen LogP contribution in [0.1, 0.15) is 22.8 Å². The van der Waals surface area contributed by atoms with Crippen molar-refractivity contribution in [3.8, 4) is 11.3 Å². The predicted octanol–water partition coefficient (Wildman–Crippen LogP) is 3.23. The molecule has 0 bridgehead atoms. The van der Waals surface area contributed by atoms with Crippen molar-refractivity contribution in [2.75, 3.05) is 6.61 Å². The summed E-state index contributed by atoms with van der Waals surface area (Å²) in [6.07, 6.45) is 1.71. The molecule has 0 amide bonds. The minimum atomic E-state index is -0.318. The molecule has 0 fully saturated rings. The van der Waals surface area contributed by atoms with Gasteiger partial charge in [0.15, 0.2) is 0 Å². The van der Waals surface area contributed by atoms with Gasteiger partial charge in [-0.3, -0.25) is 4.98 Å². The molecule has 3 nitrogen and oxygen atoms in total. The van der Waals surface area contributed by atoms with Crippen LogP contribution in [0.2, 0.25) is 0 Å². The first kappa shape index (κ1) is 12.3. The minimum absolute atomic E-state index is 0.318. The molecule has 18 heavy (non-hydrogen) atoms. The van der Waals surface area contributed by atoms with Gasteiger partial charge in [-0.1, -0.05) is 30.3 Å². The second-order valence-electron chi connectivity index (χ2n) is 3.94. The lowest BCUT2D eigenvalue weighted by Crippen LogP contribution is -2.09. The van der Waals surface area contributed by atoms with Crippen LogP contribution in [-0.2, 0) is 4.74 Å². The van der Waals surface area contributed by atoms with Crippen molar-refractivity contribution >= 4 is 5.97 Å². The first-order valence-electron chi connectivity index (χ1n) is 5.92. The number of aryl methyl sites for hydroxylation is 1. The van der Waals surface area contributed by atoms with E-state index >= 15 is 0 Å². The Balaban J connectivity index is 2.55. The zero-order chi connectivity index (χ0) is 13.0. The standard InChI is InChI=1S/C15H15NO2/c1-3-18-15(17)13-11(2)9-10-16-14(13)12-7-5-4-6-8-12/h4-10H,3H2,1-2H3. The molecule has 0 N–H and O–H groups in total. The van der Waals surface area contributed by atoms with Crippen molar-refractivity contribution in [2.45, 2.75) is 13.8 Å². The van der Waals surface area contributed by atoms with Crippen molar-refractivity contribution in [3.05, 3.63) is 53.7 Å². The van der Waals surface area contributed by atoms with E-state index in [0.29, 0.717) is 17.9 Å². The summed E-state index contributed by atoms with van der Waals surface area (Å²) in [5.74, 6) is -0.318. The highest BCUT2D eigenvalue weighted by Gasteiger charge is 2.17. The van der Waals surface area contributed by atoms with Gasteiger partial charge in [0, 0.05) is 11.8 Å². The van der Waals surface area contributed by atoms with Crippen LogP contribution in [0.5, 0.6) is 0 Å². The summed E-state index contributed by atoms with van der Waals surface area (Å²) in [5.41, 5.74) is 3.02. The molecule has 0 spiro atoms. The number of pyridine rings is 1. The van der Waals surface area contributed by atoms with Crippen molar-refractivity contribution in [2.24, 2.45) is 0 Å². The average Bonchev–Trinajstić information content (AvgIpc) is 2.39. The maximum absolute atomic E-state index is 12.0. The van der Waals surface area contributed by atoms with Gasteiger partial charge in [0.2, 0.25) is 0 Å². The minimum Gasteiger partial charge on any atom is -0.462 e. The second kappa shape index (κ2) is 5.45. The van der Waals surface area contributed by atoms with Gasteiger partial charge in [-0.2, -0.15) is 0 Å². The molecule has 0 aliphatic carbocycles. The summed E-state index contributed by atoms with van der Waals surface area (Å²) in [5, 5.41) is 0. The lowest BCUT2D eigenvalue weighted by Gasteiger charge is -2.10.